The van der Waals surface area contributed by atoms with Crippen molar-refractivity contribution in [1.82, 2.24) is 20.4 Å². The molecule has 3 rings (SSSR count). The van der Waals surface area contributed by atoms with Gasteiger partial charge in [-0.05, 0) is 71.6 Å². The molecular formula is C23H40N4O3. The summed E-state index contributed by atoms with van der Waals surface area (Å²) in [4.78, 5) is 13.7. The van der Waals surface area contributed by atoms with Crippen LogP contribution in [0.1, 0.15) is 89.4 Å². The van der Waals surface area contributed by atoms with Gasteiger partial charge in [0.2, 0.25) is 0 Å². The average Bonchev–Trinajstić information content (AvgIpc) is 3.17. The van der Waals surface area contributed by atoms with Crippen LogP contribution >= 0.6 is 0 Å². The molecular weight excluding hydrogens is 380 g/mol. The number of ether oxygens (including phenoxy) is 2. The molecule has 2 fully saturated rings. The summed E-state index contributed by atoms with van der Waals surface area (Å²) in [5.74, 6) is 0.521. The molecule has 7 nitrogen and oxygen atoms in total. The Hall–Kier alpha value is -1.60. The van der Waals surface area contributed by atoms with Crippen LogP contribution in [-0.2, 0) is 9.47 Å². The lowest BCUT2D eigenvalue weighted by Crippen LogP contribution is -2.38. The highest BCUT2D eigenvalue weighted by Gasteiger charge is 2.38. The molecule has 1 saturated carbocycles. The number of aromatic nitrogens is 2. The Morgan fingerprint density at radius 2 is 2.13 bits per heavy atom. The molecule has 2 N–H and O–H groups in total. The number of hydrogen-bond acceptors (Lipinski definition) is 5. The van der Waals surface area contributed by atoms with E-state index >= 15 is 0 Å². The van der Waals surface area contributed by atoms with E-state index in [4.69, 9.17) is 9.47 Å². The zero-order valence-electron chi connectivity index (χ0n) is 19.4. The van der Waals surface area contributed by atoms with Crippen LogP contribution in [0.15, 0.2) is 6.20 Å². The van der Waals surface area contributed by atoms with E-state index in [2.05, 4.69) is 22.4 Å². The van der Waals surface area contributed by atoms with Gasteiger partial charge in [-0.1, -0.05) is 0 Å². The van der Waals surface area contributed by atoms with Crippen LogP contribution in [0.25, 0.3) is 0 Å². The van der Waals surface area contributed by atoms with Gasteiger partial charge in [0, 0.05) is 50.5 Å². The van der Waals surface area contributed by atoms with Crippen molar-refractivity contribution in [2.75, 3.05) is 33.4 Å². The predicted octanol–water partition coefficient (Wildman–Crippen LogP) is 4.38. The van der Waals surface area contributed by atoms with Gasteiger partial charge in [-0.25, -0.2) is 4.79 Å². The maximum atomic E-state index is 12.1. The van der Waals surface area contributed by atoms with Gasteiger partial charge < -0.3 is 19.7 Å². The number of aromatic amines is 1. The summed E-state index contributed by atoms with van der Waals surface area (Å²) in [6.07, 6.45) is 9.12. The molecule has 1 aliphatic carbocycles. The fraction of sp³-hybridized carbons (Fsp3) is 0.826. The van der Waals surface area contributed by atoms with Gasteiger partial charge in [0.1, 0.15) is 5.60 Å². The van der Waals surface area contributed by atoms with Crippen molar-refractivity contribution in [3.63, 3.8) is 0 Å². The Morgan fingerprint density at radius 1 is 1.40 bits per heavy atom. The van der Waals surface area contributed by atoms with Crippen LogP contribution < -0.4 is 5.32 Å². The smallest absolute Gasteiger partial charge is 0.410 e. The minimum atomic E-state index is -0.472. The quantitative estimate of drug-likeness (QED) is 0.714. The number of carbonyl (C=O) groups is 1. The van der Waals surface area contributed by atoms with Crippen LogP contribution in [0.2, 0.25) is 0 Å². The topological polar surface area (TPSA) is 79.5 Å². The lowest BCUT2D eigenvalue weighted by molar-refractivity contribution is -0.0310. The van der Waals surface area contributed by atoms with Crippen LogP contribution in [0, 0.1) is 5.41 Å². The second-order valence-corrected chi connectivity index (χ2v) is 10.2. The lowest BCUT2D eigenvalue weighted by Gasteiger charge is -2.42. The van der Waals surface area contributed by atoms with Crippen molar-refractivity contribution >= 4 is 6.09 Å². The summed E-state index contributed by atoms with van der Waals surface area (Å²) in [6.45, 7) is 11.0. The summed E-state index contributed by atoms with van der Waals surface area (Å²) in [5.41, 5.74) is 2.40. The number of nitrogens with zero attached hydrogens (tertiary/aromatic N) is 2. The molecule has 170 valence electrons. The van der Waals surface area contributed by atoms with Gasteiger partial charge in [0.25, 0.3) is 0 Å². The van der Waals surface area contributed by atoms with Crippen LogP contribution in [0.5, 0.6) is 0 Å². The molecule has 1 aromatic heterocycles. The predicted molar refractivity (Wildman–Crippen MR) is 118 cm³/mol. The van der Waals surface area contributed by atoms with Crippen molar-refractivity contribution in [2.24, 2.45) is 5.41 Å². The second kappa shape index (κ2) is 9.69. The van der Waals surface area contributed by atoms with Crippen molar-refractivity contribution in [3.8, 4) is 0 Å². The third kappa shape index (κ3) is 5.97. The molecule has 2 aliphatic rings. The summed E-state index contributed by atoms with van der Waals surface area (Å²) < 4.78 is 11.2. The van der Waals surface area contributed by atoms with E-state index in [1.807, 2.05) is 27.0 Å². The molecule has 2 heterocycles. The van der Waals surface area contributed by atoms with Gasteiger partial charge in [-0.15, -0.1) is 0 Å². The highest BCUT2D eigenvalue weighted by Crippen LogP contribution is 2.47. The minimum Gasteiger partial charge on any atom is -0.444 e. The number of nitrogens with one attached hydrogen (secondary N) is 2. The normalized spacial score (nSPS) is 25.8. The van der Waals surface area contributed by atoms with Gasteiger partial charge in [0.05, 0.1) is 12.3 Å². The second-order valence-electron chi connectivity index (χ2n) is 10.2. The van der Waals surface area contributed by atoms with E-state index in [9.17, 15) is 4.79 Å². The third-order valence-electron chi connectivity index (χ3n) is 6.61. The van der Waals surface area contributed by atoms with Crippen LogP contribution in [0.4, 0.5) is 4.79 Å². The van der Waals surface area contributed by atoms with E-state index in [-0.39, 0.29) is 12.1 Å². The zero-order chi connectivity index (χ0) is 21.8. The number of H-pyrrole nitrogens is 1. The van der Waals surface area contributed by atoms with Crippen molar-refractivity contribution in [2.45, 2.75) is 83.8 Å². The maximum Gasteiger partial charge on any atom is 0.410 e. The molecule has 1 aromatic rings. The first kappa shape index (κ1) is 23.1. The molecule has 1 saturated heterocycles. The van der Waals surface area contributed by atoms with Gasteiger partial charge >= 0.3 is 6.09 Å². The van der Waals surface area contributed by atoms with E-state index in [0.29, 0.717) is 24.4 Å². The van der Waals surface area contributed by atoms with E-state index in [0.717, 1.165) is 13.2 Å². The molecule has 0 bridgehead atoms. The minimum absolute atomic E-state index is 0.180. The molecule has 0 aromatic carbocycles. The SMILES string of the molecule is CC(NCCN(C)C(=O)OC(C)(C)C)c1c[nH]nc1C1CCC2(CCCOC2)CC1. The number of likely N-dealkylation sites (N-methyl/N-ethyl adjacent to an activating group) is 1. The summed E-state index contributed by atoms with van der Waals surface area (Å²) >= 11 is 0. The highest BCUT2D eigenvalue weighted by molar-refractivity contribution is 5.67. The summed E-state index contributed by atoms with van der Waals surface area (Å²) in [7, 11) is 1.77. The molecule has 1 aliphatic heterocycles. The van der Waals surface area contributed by atoms with Crippen LogP contribution in [-0.4, -0.2) is 60.1 Å². The standard InChI is InChI=1S/C23H40N4O3/c1-17(24-12-13-27(5)21(28)30-22(2,3)4)19-15-25-26-20(19)18-7-10-23(11-8-18)9-6-14-29-16-23/h15,17-18,24H,6-14,16H2,1-5H3,(H,25,26). The van der Waals surface area contributed by atoms with Crippen LogP contribution in [0.3, 0.4) is 0 Å². The zero-order valence-corrected chi connectivity index (χ0v) is 19.4. The Labute approximate surface area is 181 Å². The van der Waals surface area contributed by atoms with E-state index in [1.54, 1.807) is 11.9 Å². The largest absolute Gasteiger partial charge is 0.444 e. The lowest BCUT2D eigenvalue weighted by atomic mass is 9.67. The van der Waals surface area contributed by atoms with Gasteiger partial charge in [-0.2, -0.15) is 5.10 Å². The summed E-state index contributed by atoms with van der Waals surface area (Å²) in [6, 6.07) is 0.180. The monoisotopic (exact) mass is 420 g/mol. The number of rotatable bonds is 6. The molecule has 1 atom stereocenters. The first-order chi connectivity index (χ1) is 14.2. The fourth-order valence-corrected chi connectivity index (χ4v) is 4.78. The van der Waals surface area contributed by atoms with Crippen molar-refractivity contribution in [3.05, 3.63) is 17.5 Å². The highest BCUT2D eigenvalue weighted by atomic mass is 16.6. The first-order valence-corrected chi connectivity index (χ1v) is 11.5. The first-order valence-electron chi connectivity index (χ1n) is 11.5. The maximum absolute atomic E-state index is 12.1. The number of amides is 1. The Morgan fingerprint density at radius 3 is 2.77 bits per heavy atom. The summed E-state index contributed by atoms with van der Waals surface area (Å²) in [5, 5.41) is 11.3. The molecule has 1 unspecified atom stereocenters. The van der Waals surface area contributed by atoms with E-state index in [1.165, 1.54) is 49.8 Å². The van der Waals surface area contributed by atoms with Crippen molar-refractivity contribution < 1.29 is 14.3 Å². The molecule has 7 heteroatoms. The number of hydrogen-bond donors (Lipinski definition) is 2. The average molecular weight is 421 g/mol. The van der Waals surface area contributed by atoms with Crippen molar-refractivity contribution in [1.29, 1.82) is 0 Å². The van der Waals surface area contributed by atoms with E-state index < -0.39 is 5.60 Å². The molecule has 1 amide bonds. The number of carbonyl (C=O) groups excluding carboxylic acids is 1. The van der Waals surface area contributed by atoms with Gasteiger partial charge in [-0.3, -0.25) is 5.10 Å². The molecule has 0 radical (unpaired) electrons. The fourth-order valence-electron chi connectivity index (χ4n) is 4.78. The molecule has 30 heavy (non-hydrogen) atoms. The Bertz CT molecular complexity index is 681. The Kier molecular flexibility index (Phi) is 7.45. The Balaban J connectivity index is 1.48. The molecule has 1 spiro atoms. The van der Waals surface area contributed by atoms with Gasteiger partial charge in [0.15, 0.2) is 0 Å². The third-order valence-corrected chi connectivity index (χ3v) is 6.61.